The second-order valence-corrected chi connectivity index (χ2v) is 4.07. The van der Waals surface area contributed by atoms with E-state index in [1.54, 1.807) is 19.4 Å². The summed E-state index contributed by atoms with van der Waals surface area (Å²) >= 11 is 0. The van der Waals surface area contributed by atoms with Gasteiger partial charge in [-0.2, -0.15) is 0 Å². The standard InChI is InChI=1S/C13H22N2O4/c1-17-6-2-7-18-9-10-19-8-5-15-11-12(14)3-4-13(15)16/h3-4,11H,2,5-10,14H2,1H3. The van der Waals surface area contributed by atoms with Gasteiger partial charge in [-0.3, -0.25) is 4.79 Å². The van der Waals surface area contributed by atoms with E-state index in [2.05, 4.69) is 0 Å². The van der Waals surface area contributed by atoms with Crippen molar-refractivity contribution in [3.05, 3.63) is 28.7 Å². The molecule has 0 aromatic carbocycles. The van der Waals surface area contributed by atoms with Crippen molar-refractivity contribution in [3.63, 3.8) is 0 Å². The average molecular weight is 270 g/mol. The minimum atomic E-state index is -0.0754. The zero-order valence-electron chi connectivity index (χ0n) is 11.3. The van der Waals surface area contributed by atoms with Crippen molar-refractivity contribution in [2.75, 3.05) is 45.9 Å². The number of pyridine rings is 1. The molecule has 0 radical (unpaired) electrons. The van der Waals surface area contributed by atoms with Crippen molar-refractivity contribution in [1.29, 1.82) is 0 Å². The number of hydrogen-bond acceptors (Lipinski definition) is 5. The summed E-state index contributed by atoms with van der Waals surface area (Å²) in [4.78, 5) is 11.5. The summed E-state index contributed by atoms with van der Waals surface area (Å²) < 4.78 is 17.2. The minimum absolute atomic E-state index is 0.0754. The number of rotatable bonds is 10. The number of hydrogen-bond donors (Lipinski definition) is 1. The lowest BCUT2D eigenvalue weighted by atomic mass is 10.4. The van der Waals surface area contributed by atoms with Crippen LogP contribution in [0.1, 0.15) is 6.42 Å². The van der Waals surface area contributed by atoms with Crippen LogP contribution in [0, 0.1) is 0 Å². The summed E-state index contributed by atoms with van der Waals surface area (Å²) in [6, 6.07) is 3.04. The molecule has 2 N–H and O–H groups in total. The Morgan fingerprint density at radius 1 is 1.11 bits per heavy atom. The lowest BCUT2D eigenvalue weighted by Gasteiger charge is -2.08. The van der Waals surface area contributed by atoms with Crippen LogP contribution < -0.4 is 11.3 Å². The fraction of sp³-hybridized carbons (Fsp3) is 0.615. The average Bonchev–Trinajstić information content (AvgIpc) is 2.40. The van der Waals surface area contributed by atoms with Gasteiger partial charge in [-0.15, -0.1) is 0 Å². The molecule has 1 aromatic heterocycles. The van der Waals surface area contributed by atoms with Gasteiger partial charge in [0.15, 0.2) is 0 Å². The number of nitrogens with two attached hydrogens (primary N) is 1. The van der Waals surface area contributed by atoms with Gasteiger partial charge in [0, 0.05) is 44.8 Å². The Morgan fingerprint density at radius 2 is 1.84 bits per heavy atom. The van der Waals surface area contributed by atoms with Gasteiger partial charge < -0.3 is 24.5 Å². The SMILES string of the molecule is COCCCOCCOCCn1cc(N)ccc1=O. The molecule has 6 heteroatoms. The monoisotopic (exact) mass is 270 g/mol. The van der Waals surface area contributed by atoms with Gasteiger partial charge in [0.1, 0.15) is 0 Å². The first-order valence-corrected chi connectivity index (χ1v) is 6.34. The Kier molecular flexibility index (Phi) is 7.88. The molecule has 108 valence electrons. The largest absolute Gasteiger partial charge is 0.398 e. The van der Waals surface area contributed by atoms with Gasteiger partial charge >= 0.3 is 0 Å². The molecule has 1 rings (SSSR count). The molecule has 0 fully saturated rings. The Labute approximate surface area is 113 Å². The van der Waals surface area contributed by atoms with E-state index in [0.717, 1.165) is 6.42 Å². The Bertz CT molecular complexity index is 406. The highest BCUT2D eigenvalue weighted by molar-refractivity contribution is 5.33. The van der Waals surface area contributed by atoms with E-state index in [-0.39, 0.29) is 5.56 Å². The molecule has 0 spiro atoms. The van der Waals surface area contributed by atoms with Crippen molar-refractivity contribution in [2.24, 2.45) is 0 Å². The van der Waals surface area contributed by atoms with E-state index in [0.29, 0.717) is 45.3 Å². The smallest absolute Gasteiger partial charge is 0.250 e. The molecule has 0 aliphatic heterocycles. The number of methoxy groups -OCH3 is 1. The van der Waals surface area contributed by atoms with E-state index < -0.39 is 0 Å². The first kappa shape index (κ1) is 15.7. The molecular formula is C13H22N2O4. The maximum absolute atomic E-state index is 11.5. The molecular weight excluding hydrogens is 248 g/mol. The van der Waals surface area contributed by atoms with Gasteiger partial charge in [-0.05, 0) is 12.5 Å². The quantitative estimate of drug-likeness (QED) is 0.627. The van der Waals surface area contributed by atoms with Crippen molar-refractivity contribution < 1.29 is 14.2 Å². The van der Waals surface area contributed by atoms with Gasteiger partial charge in [0.2, 0.25) is 0 Å². The van der Waals surface area contributed by atoms with E-state index in [1.165, 1.54) is 10.6 Å². The lowest BCUT2D eigenvalue weighted by molar-refractivity contribution is 0.0373. The van der Waals surface area contributed by atoms with Crippen molar-refractivity contribution in [3.8, 4) is 0 Å². The van der Waals surface area contributed by atoms with Gasteiger partial charge in [-0.25, -0.2) is 0 Å². The van der Waals surface area contributed by atoms with E-state index in [1.807, 2.05) is 0 Å². The van der Waals surface area contributed by atoms with E-state index in [9.17, 15) is 4.79 Å². The summed E-state index contributed by atoms with van der Waals surface area (Å²) in [5, 5.41) is 0. The van der Waals surface area contributed by atoms with Crippen molar-refractivity contribution in [2.45, 2.75) is 13.0 Å². The fourth-order valence-corrected chi connectivity index (χ4v) is 1.51. The first-order chi connectivity index (χ1) is 9.24. The van der Waals surface area contributed by atoms with Crippen LogP contribution in [0.5, 0.6) is 0 Å². The highest BCUT2D eigenvalue weighted by atomic mass is 16.5. The van der Waals surface area contributed by atoms with E-state index >= 15 is 0 Å². The van der Waals surface area contributed by atoms with Crippen LogP contribution in [0.4, 0.5) is 5.69 Å². The summed E-state index contributed by atoms with van der Waals surface area (Å²) in [6.07, 6.45) is 2.50. The third-order valence-electron chi connectivity index (χ3n) is 2.49. The second kappa shape index (κ2) is 9.55. The molecule has 19 heavy (non-hydrogen) atoms. The van der Waals surface area contributed by atoms with Crippen molar-refractivity contribution in [1.82, 2.24) is 4.57 Å². The molecule has 0 aliphatic carbocycles. The summed E-state index contributed by atoms with van der Waals surface area (Å²) in [5.74, 6) is 0. The molecule has 0 bridgehead atoms. The molecule has 6 nitrogen and oxygen atoms in total. The summed E-state index contributed by atoms with van der Waals surface area (Å²) in [6.45, 7) is 3.41. The molecule has 0 aliphatic rings. The van der Waals surface area contributed by atoms with Crippen LogP contribution in [0.15, 0.2) is 23.1 Å². The third kappa shape index (κ3) is 6.95. The van der Waals surface area contributed by atoms with Crippen LogP contribution >= 0.6 is 0 Å². The van der Waals surface area contributed by atoms with Crippen LogP contribution in [-0.2, 0) is 20.8 Å². The predicted molar refractivity (Wildman–Crippen MR) is 73.2 cm³/mol. The minimum Gasteiger partial charge on any atom is -0.398 e. The molecule has 0 saturated heterocycles. The molecule has 1 aromatic rings. The van der Waals surface area contributed by atoms with Gasteiger partial charge in [0.05, 0.1) is 19.8 Å². The Balaban J connectivity index is 2.04. The number of anilines is 1. The number of nitrogen functional groups attached to an aromatic ring is 1. The fourth-order valence-electron chi connectivity index (χ4n) is 1.51. The van der Waals surface area contributed by atoms with Gasteiger partial charge in [0.25, 0.3) is 5.56 Å². The zero-order valence-corrected chi connectivity index (χ0v) is 11.3. The van der Waals surface area contributed by atoms with E-state index in [4.69, 9.17) is 19.9 Å². The van der Waals surface area contributed by atoms with Crippen LogP contribution in [0.25, 0.3) is 0 Å². The van der Waals surface area contributed by atoms with Crippen LogP contribution in [0.3, 0.4) is 0 Å². The topological polar surface area (TPSA) is 75.7 Å². The maximum atomic E-state index is 11.5. The molecule has 0 atom stereocenters. The molecule has 0 saturated carbocycles. The number of ether oxygens (including phenoxy) is 3. The summed E-state index contributed by atoms with van der Waals surface area (Å²) in [7, 11) is 1.67. The highest BCUT2D eigenvalue weighted by Gasteiger charge is 1.96. The zero-order chi connectivity index (χ0) is 13.9. The lowest BCUT2D eigenvalue weighted by Crippen LogP contribution is -2.22. The Hall–Kier alpha value is -1.37. The van der Waals surface area contributed by atoms with Crippen LogP contribution in [0.2, 0.25) is 0 Å². The molecule has 1 heterocycles. The Morgan fingerprint density at radius 3 is 2.58 bits per heavy atom. The normalized spacial score (nSPS) is 10.8. The molecule has 0 amide bonds. The highest BCUT2D eigenvalue weighted by Crippen LogP contribution is 1.95. The van der Waals surface area contributed by atoms with Gasteiger partial charge in [-0.1, -0.05) is 0 Å². The number of nitrogens with zero attached hydrogens (tertiary/aromatic N) is 1. The predicted octanol–water partition coefficient (Wildman–Crippen LogP) is 0.500. The van der Waals surface area contributed by atoms with Crippen molar-refractivity contribution >= 4 is 5.69 Å². The maximum Gasteiger partial charge on any atom is 0.250 e. The third-order valence-corrected chi connectivity index (χ3v) is 2.49. The first-order valence-electron chi connectivity index (χ1n) is 6.34. The second-order valence-electron chi connectivity index (χ2n) is 4.07. The number of aromatic nitrogens is 1. The van der Waals surface area contributed by atoms with Crippen LogP contribution in [-0.4, -0.2) is 44.7 Å². The summed E-state index contributed by atoms with van der Waals surface area (Å²) in [5.41, 5.74) is 6.10. The molecule has 0 unspecified atom stereocenters.